The molecule has 2 aromatic carbocycles. The molecule has 7 nitrogen and oxygen atoms in total. The fraction of sp³-hybridized carbons (Fsp3) is 0.250. The van der Waals surface area contributed by atoms with Crippen LogP contribution in [0.15, 0.2) is 54.7 Å². The summed E-state index contributed by atoms with van der Waals surface area (Å²) in [6, 6.07) is 14.3. The third kappa shape index (κ3) is 5.45. The number of fused-ring (bicyclic) bond motifs is 1. The first kappa shape index (κ1) is 22.0. The molecule has 0 atom stereocenters. The number of esters is 2. The van der Waals surface area contributed by atoms with Crippen LogP contribution in [0, 0.1) is 0 Å². The summed E-state index contributed by atoms with van der Waals surface area (Å²) in [6.45, 7) is 5.24. The van der Waals surface area contributed by atoms with Crippen molar-refractivity contribution in [1.29, 1.82) is 0 Å². The van der Waals surface area contributed by atoms with Crippen molar-refractivity contribution in [2.45, 2.75) is 26.4 Å². The Kier molecular flexibility index (Phi) is 6.34. The van der Waals surface area contributed by atoms with Gasteiger partial charge in [0, 0.05) is 11.6 Å². The molecule has 0 aliphatic carbocycles. The van der Waals surface area contributed by atoms with Gasteiger partial charge in [-0.25, -0.2) is 4.79 Å². The van der Waals surface area contributed by atoms with Crippen LogP contribution in [-0.2, 0) is 14.3 Å². The van der Waals surface area contributed by atoms with Gasteiger partial charge in [0.1, 0.15) is 12.1 Å². The van der Waals surface area contributed by atoms with Crippen LogP contribution in [0.1, 0.15) is 41.5 Å². The van der Waals surface area contributed by atoms with Crippen molar-refractivity contribution in [3.63, 3.8) is 0 Å². The molecule has 3 aromatic rings. The number of benzene rings is 2. The number of methoxy groups -OCH3 is 1. The van der Waals surface area contributed by atoms with E-state index < -0.39 is 17.5 Å². The van der Waals surface area contributed by atoms with E-state index in [4.69, 9.17) is 4.74 Å². The zero-order chi connectivity index (χ0) is 22.6. The molecule has 0 radical (unpaired) electrons. The van der Waals surface area contributed by atoms with Gasteiger partial charge in [-0.1, -0.05) is 18.2 Å². The van der Waals surface area contributed by atoms with Crippen molar-refractivity contribution < 1.29 is 23.9 Å². The number of nitrogens with zero attached hydrogens (tertiary/aromatic N) is 1. The van der Waals surface area contributed by atoms with Crippen molar-refractivity contribution in [3.05, 3.63) is 65.9 Å². The molecule has 0 saturated heterocycles. The van der Waals surface area contributed by atoms with Gasteiger partial charge >= 0.3 is 11.9 Å². The average molecular weight is 420 g/mol. The van der Waals surface area contributed by atoms with Gasteiger partial charge in [-0.3, -0.25) is 14.6 Å². The highest BCUT2D eigenvalue weighted by molar-refractivity contribution is 6.07. The van der Waals surface area contributed by atoms with Crippen LogP contribution < -0.4 is 5.32 Å². The Morgan fingerprint density at radius 2 is 1.65 bits per heavy atom. The Morgan fingerprint density at radius 1 is 0.968 bits per heavy atom. The zero-order valence-corrected chi connectivity index (χ0v) is 17.9. The SMILES string of the molecule is COC(=O)CNC(=O)c1ccnc2ccc(-c3ccc(C(=O)OC(C)(C)C)cc3)cc12. The quantitative estimate of drug-likeness (QED) is 0.632. The van der Waals surface area contributed by atoms with Crippen LogP contribution in [0.3, 0.4) is 0 Å². The molecule has 0 saturated carbocycles. The third-order valence-electron chi connectivity index (χ3n) is 4.46. The van der Waals surface area contributed by atoms with Crippen LogP contribution in [-0.4, -0.2) is 42.1 Å². The van der Waals surface area contributed by atoms with E-state index in [1.165, 1.54) is 7.11 Å². The maximum atomic E-state index is 12.6. The molecular weight excluding hydrogens is 396 g/mol. The highest BCUT2D eigenvalue weighted by Gasteiger charge is 2.18. The monoisotopic (exact) mass is 420 g/mol. The Labute approximate surface area is 180 Å². The van der Waals surface area contributed by atoms with E-state index in [0.29, 0.717) is 22.0 Å². The second-order valence-corrected chi connectivity index (χ2v) is 7.93. The van der Waals surface area contributed by atoms with Gasteiger partial charge in [0.2, 0.25) is 0 Å². The number of carbonyl (C=O) groups is 3. The predicted molar refractivity (Wildman–Crippen MR) is 117 cm³/mol. The first-order valence-corrected chi connectivity index (χ1v) is 9.75. The molecule has 1 heterocycles. The number of aromatic nitrogens is 1. The average Bonchev–Trinajstić information content (AvgIpc) is 2.75. The Balaban J connectivity index is 1.89. The van der Waals surface area contributed by atoms with Gasteiger partial charge in [-0.2, -0.15) is 0 Å². The number of amides is 1. The molecule has 0 spiro atoms. The molecule has 31 heavy (non-hydrogen) atoms. The first-order chi connectivity index (χ1) is 14.7. The Bertz CT molecular complexity index is 1130. The highest BCUT2D eigenvalue weighted by atomic mass is 16.6. The second kappa shape index (κ2) is 8.95. The van der Waals surface area contributed by atoms with Gasteiger partial charge in [-0.05, 0) is 62.2 Å². The lowest BCUT2D eigenvalue weighted by Gasteiger charge is -2.19. The van der Waals surface area contributed by atoms with E-state index in [1.54, 1.807) is 24.4 Å². The number of ether oxygens (including phenoxy) is 2. The van der Waals surface area contributed by atoms with Crippen molar-refractivity contribution in [1.82, 2.24) is 10.3 Å². The lowest BCUT2D eigenvalue weighted by molar-refractivity contribution is -0.139. The molecule has 1 N–H and O–H groups in total. The molecule has 0 bridgehead atoms. The van der Waals surface area contributed by atoms with Crippen LogP contribution in [0.25, 0.3) is 22.0 Å². The topological polar surface area (TPSA) is 94.6 Å². The lowest BCUT2D eigenvalue weighted by Crippen LogP contribution is -2.30. The molecule has 0 fully saturated rings. The maximum absolute atomic E-state index is 12.6. The zero-order valence-electron chi connectivity index (χ0n) is 17.9. The molecule has 1 amide bonds. The summed E-state index contributed by atoms with van der Waals surface area (Å²) in [5, 5.41) is 3.20. The van der Waals surface area contributed by atoms with E-state index in [0.717, 1.165) is 11.1 Å². The van der Waals surface area contributed by atoms with Gasteiger partial charge in [0.15, 0.2) is 0 Å². The molecule has 160 valence electrons. The number of hydrogen-bond donors (Lipinski definition) is 1. The summed E-state index contributed by atoms with van der Waals surface area (Å²) >= 11 is 0. The summed E-state index contributed by atoms with van der Waals surface area (Å²) in [5.74, 6) is -1.31. The Morgan fingerprint density at radius 3 is 2.29 bits per heavy atom. The standard InChI is InChI=1S/C24H24N2O5/c1-24(2,3)31-23(29)16-7-5-15(6-8-16)17-9-10-20-19(13-17)18(11-12-25-20)22(28)26-14-21(27)30-4/h5-13H,14H2,1-4H3,(H,26,28). The lowest BCUT2D eigenvalue weighted by atomic mass is 9.99. The molecule has 1 aromatic heterocycles. The minimum absolute atomic E-state index is 0.217. The first-order valence-electron chi connectivity index (χ1n) is 9.75. The number of rotatable bonds is 5. The molecular formula is C24H24N2O5. The normalized spacial score (nSPS) is 11.1. The summed E-state index contributed by atoms with van der Waals surface area (Å²) in [4.78, 5) is 40.4. The van der Waals surface area contributed by atoms with Crippen LogP contribution in [0.2, 0.25) is 0 Å². The minimum Gasteiger partial charge on any atom is -0.468 e. The van der Waals surface area contributed by atoms with E-state index in [1.807, 2.05) is 51.1 Å². The molecule has 7 heteroatoms. The van der Waals surface area contributed by atoms with E-state index >= 15 is 0 Å². The summed E-state index contributed by atoms with van der Waals surface area (Å²) in [6.07, 6.45) is 1.55. The molecule has 0 unspecified atom stereocenters. The van der Waals surface area contributed by atoms with E-state index in [9.17, 15) is 14.4 Å². The second-order valence-electron chi connectivity index (χ2n) is 7.93. The van der Waals surface area contributed by atoms with Crippen LogP contribution in [0.5, 0.6) is 0 Å². The van der Waals surface area contributed by atoms with Gasteiger partial charge in [0.25, 0.3) is 5.91 Å². The fourth-order valence-corrected chi connectivity index (χ4v) is 2.98. The highest BCUT2D eigenvalue weighted by Crippen LogP contribution is 2.26. The fourth-order valence-electron chi connectivity index (χ4n) is 2.98. The smallest absolute Gasteiger partial charge is 0.338 e. The van der Waals surface area contributed by atoms with Crippen molar-refractivity contribution in [2.75, 3.05) is 13.7 Å². The largest absolute Gasteiger partial charge is 0.468 e. The molecule has 3 rings (SSSR count). The van der Waals surface area contributed by atoms with Crippen LogP contribution in [0.4, 0.5) is 0 Å². The third-order valence-corrected chi connectivity index (χ3v) is 4.46. The summed E-state index contributed by atoms with van der Waals surface area (Å²) in [7, 11) is 1.26. The van der Waals surface area contributed by atoms with Crippen molar-refractivity contribution >= 4 is 28.7 Å². The van der Waals surface area contributed by atoms with E-state index in [2.05, 4.69) is 15.0 Å². The van der Waals surface area contributed by atoms with Crippen LogP contribution >= 0.6 is 0 Å². The van der Waals surface area contributed by atoms with Gasteiger partial charge < -0.3 is 14.8 Å². The van der Waals surface area contributed by atoms with Crippen molar-refractivity contribution in [3.8, 4) is 11.1 Å². The van der Waals surface area contributed by atoms with Crippen molar-refractivity contribution in [2.24, 2.45) is 0 Å². The summed E-state index contributed by atoms with van der Waals surface area (Å²) < 4.78 is 9.95. The van der Waals surface area contributed by atoms with Gasteiger partial charge in [-0.15, -0.1) is 0 Å². The molecule has 0 aliphatic heterocycles. The maximum Gasteiger partial charge on any atom is 0.338 e. The number of pyridine rings is 1. The van der Waals surface area contributed by atoms with Gasteiger partial charge in [0.05, 0.1) is 23.8 Å². The summed E-state index contributed by atoms with van der Waals surface area (Å²) in [5.41, 5.74) is 2.69. The van der Waals surface area contributed by atoms with E-state index in [-0.39, 0.29) is 12.5 Å². The minimum atomic E-state index is -0.564. The Hall–Kier alpha value is -3.74. The predicted octanol–water partition coefficient (Wildman–Crippen LogP) is 3.76. The number of hydrogen-bond acceptors (Lipinski definition) is 6. The number of nitrogens with one attached hydrogen (secondary N) is 1. The molecule has 0 aliphatic rings. The number of carbonyl (C=O) groups excluding carboxylic acids is 3.